The van der Waals surface area contributed by atoms with E-state index in [0.717, 1.165) is 54.5 Å². The highest BCUT2D eigenvalue weighted by Gasteiger charge is 2.20. The van der Waals surface area contributed by atoms with Crippen LogP contribution in [0.3, 0.4) is 0 Å². The van der Waals surface area contributed by atoms with Crippen LogP contribution in [0.25, 0.3) is 10.2 Å². The van der Waals surface area contributed by atoms with Gasteiger partial charge in [0.1, 0.15) is 0 Å². The number of thiazole rings is 1. The van der Waals surface area contributed by atoms with Gasteiger partial charge in [0.25, 0.3) is 5.69 Å². The maximum absolute atomic E-state index is 12.1. The number of nitrogens with zero attached hydrogens (tertiary/aromatic N) is 4. The first kappa shape index (κ1) is 21.2. The quantitative estimate of drug-likeness (QED) is 0.428. The van der Waals surface area contributed by atoms with Gasteiger partial charge in [0.15, 0.2) is 5.13 Å². The summed E-state index contributed by atoms with van der Waals surface area (Å²) in [5, 5.41) is 14.9. The van der Waals surface area contributed by atoms with E-state index in [4.69, 9.17) is 0 Å². The van der Waals surface area contributed by atoms with Gasteiger partial charge in [-0.25, -0.2) is 4.98 Å². The Kier molecular flexibility index (Phi) is 6.73. The van der Waals surface area contributed by atoms with Crippen molar-refractivity contribution in [2.45, 2.75) is 12.8 Å². The molecule has 4 rings (SSSR count). The number of rotatable bonds is 8. The van der Waals surface area contributed by atoms with Crippen LogP contribution in [0.1, 0.15) is 12.0 Å². The number of amides is 1. The van der Waals surface area contributed by atoms with Crippen molar-refractivity contribution in [3.8, 4) is 0 Å². The number of aromatic nitrogens is 1. The van der Waals surface area contributed by atoms with E-state index in [-0.39, 0.29) is 16.5 Å². The van der Waals surface area contributed by atoms with Crippen LogP contribution in [0.5, 0.6) is 0 Å². The Balaban J connectivity index is 1.20. The summed E-state index contributed by atoms with van der Waals surface area (Å²) in [5.41, 5.74) is 2.07. The maximum atomic E-state index is 12.1. The highest BCUT2D eigenvalue weighted by atomic mass is 32.1. The summed E-state index contributed by atoms with van der Waals surface area (Å²) >= 11 is 1.50. The van der Waals surface area contributed by atoms with E-state index < -0.39 is 0 Å². The SMILES string of the molecule is O=C(CCc1ccccc1)NCCN1CCN(c2nc3ccc([N+](=O)[O-])cc3s2)CC1. The molecule has 0 bridgehead atoms. The number of aryl methyl sites for hydroxylation is 1. The zero-order valence-electron chi connectivity index (χ0n) is 17.2. The Morgan fingerprint density at radius 1 is 1.13 bits per heavy atom. The molecule has 0 atom stereocenters. The van der Waals surface area contributed by atoms with Crippen LogP contribution in [0.4, 0.5) is 10.8 Å². The zero-order chi connectivity index (χ0) is 21.6. The van der Waals surface area contributed by atoms with E-state index in [2.05, 4.69) is 20.1 Å². The van der Waals surface area contributed by atoms with Crippen LogP contribution >= 0.6 is 11.3 Å². The van der Waals surface area contributed by atoms with Crippen molar-refractivity contribution in [3.05, 3.63) is 64.2 Å². The molecule has 8 nitrogen and oxygen atoms in total. The molecule has 31 heavy (non-hydrogen) atoms. The van der Waals surface area contributed by atoms with E-state index in [1.807, 2.05) is 30.3 Å². The monoisotopic (exact) mass is 439 g/mol. The number of nitrogens with one attached hydrogen (secondary N) is 1. The fourth-order valence-electron chi connectivity index (χ4n) is 3.66. The molecule has 1 aliphatic rings. The summed E-state index contributed by atoms with van der Waals surface area (Å²) in [6.07, 6.45) is 1.27. The molecule has 1 saturated heterocycles. The Morgan fingerprint density at radius 2 is 1.90 bits per heavy atom. The van der Waals surface area contributed by atoms with Crippen LogP contribution in [0.15, 0.2) is 48.5 Å². The third-order valence-electron chi connectivity index (χ3n) is 5.45. The van der Waals surface area contributed by atoms with Crippen molar-refractivity contribution in [3.63, 3.8) is 0 Å². The predicted molar refractivity (Wildman–Crippen MR) is 123 cm³/mol. The molecule has 3 aromatic rings. The standard InChI is InChI=1S/C22H25N5O3S/c28-21(9-6-17-4-2-1-3-5-17)23-10-11-25-12-14-26(15-13-25)22-24-19-8-7-18(27(29)30)16-20(19)31-22/h1-5,7-8,16H,6,9-15H2,(H,23,28). The maximum Gasteiger partial charge on any atom is 0.270 e. The molecular weight excluding hydrogens is 414 g/mol. The largest absolute Gasteiger partial charge is 0.355 e. The van der Waals surface area contributed by atoms with Gasteiger partial charge >= 0.3 is 0 Å². The fourth-order valence-corrected chi connectivity index (χ4v) is 4.71. The number of carbonyl (C=O) groups excluding carboxylic acids is 1. The number of nitro groups is 1. The molecule has 1 amide bonds. The van der Waals surface area contributed by atoms with E-state index in [1.54, 1.807) is 12.1 Å². The van der Waals surface area contributed by atoms with Crippen molar-refractivity contribution in [2.24, 2.45) is 0 Å². The number of fused-ring (bicyclic) bond motifs is 1. The van der Waals surface area contributed by atoms with Gasteiger partial charge in [-0.05, 0) is 18.1 Å². The van der Waals surface area contributed by atoms with Gasteiger partial charge in [-0.2, -0.15) is 0 Å². The van der Waals surface area contributed by atoms with Gasteiger partial charge in [0.05, 0.1) is 15.1 Å². The van der Waals surface area contributed by atoms with Crippen LogP contribution in [0.2, 0.25) is 0 Å². The highest BCUT2D eigenvalue weighted by Crippen LogP contribution is 2.31. The molecule has 162 valence electrons. The average Bonchev–Trinajstić information content (AvgIpc) is 3.22. The Hall–Kier alpha value is -3.04. The van der Waals surface area contributed by atoms with Crippen LogP contribution in [0, 0.1) is 10.1 Å². The van der Waals surface area contributed by atoms with Crippen LogP contribution in [-0.2, 0) is 11.2 Å². The van der Waals surface area contributed by atoms with Gasteiger partial charge in [-0.3, -0.25) is 19.8 Å². The number of nitro benzene ring substituents is 1. The number of carbonyl (C=O) groups is 1. The normalized spacial score (nSPS) is 14.6. The highest BCUT2D eigenvalue weighted by molar-refractivity contribution is 7.22. The van der Waals surface area contributed by atoms with Gasteiger partial charge in [-0.1, -0.05) is 41.7 Å². The van der Waals surface area contributed by atoms with Gasteiger partial charge < -0.3 is 10.2 Å². The lowest BCUT2D eigenvalue weighted by Gasteiger charge is -2.34. The van der Waals surface area contributed by atoms with Crippen LogP contribution in [-0.4, -0.2) is 60.0 Å². The molecule has 0 radical (unpaired) electrons. The van der Waals surface area contributed by atoms with Gasteiger partial charge in [0.2, 0.25) is 5.91 Å². The number of non-ortho nitro benzene ring substituents is 1. The Bertz CT molecular complexity index is 1050. The van der Waals surface area contributed by atoms with Crippen molar-refractivity contribution >= 4 is 38.3 Å². The first-order valence-electron chi connectivity index (χ1n) is 10.4. The molecule has 0 aliphatic carbocycles. The molecule has 9 heteroatoms. The Labute approximate surface area is 184 Å². The molecule has 2 heterocycles. The van der Waals surface area contributed by atoms with E-state index in [0.29, 0.717) is 13.0 Å². The smallest absolute Gasteiger partial charge is 0.270 e. The lowest BCUT2D eigenvalue weighted by molar-refractivity contribution is -0.384. The molecule has 0 saturated carbocycles. The minimum absolute atomic E-state index is 0.0889. The molecule has 2 aromatic carbocycles. The molecule has 1 aliphatic heterocycles. The summed E-state index contributed by atoms with van der Waals surface area (Å²) < 4.78 is 0.838. The second kappa shape index (κ2) is 9.84. The topological polar surface area (TPSA) is 91.6 Å². The van der Waals surface area contributed by atoms with E-state index in [1.165, 1.54) is 23.0 Å². The van der Waals surface area contributed by atoms with Crippen molar-refractivity contribution in [2.75, 3.05) is 44.2 Å². The molecule has 0 unspecified atom stereocenters. The second-order valence-electron chi connectivity index (χ2n) is 7.57. The minimum atomic E-state index is -0.377. The number of benzene rings is 2. The number of hydrogen-bond donors (Lipinski definition) is 1. The summed E-state index contributed by atoms with van der Waals surface area (Å²) in [7, 11) is 0. The molecule has 1 aromatic heterocycles. The zero-order valence-corrected chi connectivity index (χ0v) is 18.0. The summed E-state index contributed by atoms with van der Waals surface area (Å²) in [6.45, 7) is 4.98. The summed E-state index contributed by atoms with van der Waals surface area (Å²) in [4.78, 5) is 31.9. The first-order valence-corrected chi connectivity index (χ1v) is 11.2. The third-order valence-corrected chi connectivity index (χ3v) is 6.53. The van der Waals surface area contributed by atoms with E-state index >= 15 is 0 Å². The number of piperazine rings is 1. The van der Waals surface area contributed by atoms with Gasteiger partial charge in [-0.15, -0.1) is 0 Å². The number of hydrogen-bond acceptors (Lipinski definition) is 7. The number of anilines is 1. The first-order chi connectivity index (χ1) is 15.1. The van der Waals surface area contributed by atoms with Crippen molar-refractivity contribution in [1.82, 2.24) is 15.2 Å². The molecule has 1 N–H and O–H groups in total. The average molecular weight is 440 g/mol. The predicted octanol–water partition coefficient (Wildman–Crippen LogP) is 3.08. The summed E-state index contributed by atoms with van der Waals surface area (Å²) in [6, 6.07) is 14.8. The van der Waals surface area contributed by atoms with E-state index in [9.17, 15) is 14.9 Å². The second-order valence-corrected chi connectivity index (χ2v) is 8.58. The lowest BCUT2D eigenvalue weighted by atomic mass is 10.1. The molecular formula is C22H25N5O3S. The third kappa shape index (κ3) is 5.56. The minimum Gasteiger partial charge on any atom is -0.355 e. The van der Waals surface area contributed by atoms with Crippen LogP contribution < -0.4 is 10.2 Å². The molecule has 1 fully saturated rings. The van der Waals surface area contributed by atoms with Gasteiger partial charge in [0, 0.05) is 57.8 Å². The Morgan fingerprint density at radius 3 is 2.65 bits per heavy atom. The fraction of sp³-hybridized carbons (Fsp3) is 0.364. The lowest BCUT2D eigenvalue weighted by Crippen LogP contribution is -2.48. The summed E-state index contributed by atoms with van der Waals surface area (Å²) in [5.74, 6) is 0.0889. The molecule has 0 spiro atoms. The van der Waals surface area contributed by atoms with Crippen molar-refractivity contribution in [1.29, 1.82) is 0 Å². The van der Waals surface area contributed by atoms with Crippen molar-refractivity contribution < 1.29 is 9.72 Å².